The van der Waals surface area contributed by atoms with Gasteiger partial charge in [0.05, 0.1) is 11.3 Å². The highest BCUT2D eigenvalue weighted by Crippen LogP contribution is 2.12. The fourth-order valence-electron chi connectivity index (χ4n) is 1.74. The molecule has 1 rings (SSSR count). The summed E-state index contributed by atoms with van der Waals surface area (Å²) < 4.78 is 0. The summed E-state index contributed by atoms with van der Waals surface area (Å²) >= 11 is 0. The van der Waals surface area contributed by atoms with Crippen molar-refractivity contribution in [3.8, 4) is 0 Å². The SMILES string of the molecule is CC(CCC(=O)O)CNC(=O)Cc1ccc([N+](=O)[O-])cc1. The molecule has 1 aromatic rings. The molecule has 0 aromatic heterocycles. The number of rotatable bonds is 8. The minimum atomic E-state index is -0.848. The molecule has 0 radical (unpaired) electrons. The lowest BCUT2D eigenvalue weighted by molar-refractivity contribution is -0.384. The average Bonchev–Trinajstić information content (AvgIpc) is 2.43. The van der Waals surface area contributed by atoms with Gasteiger partial charge in [0, 0.05) is 25.1 Å². The summed E-state index contributed by atoms with van der Waals surface area (Å²) in [6, 6.07) is 5.81. The van der Waals surface area contributed by atoms with Crippen molar-refractivity contribution in [1.29, 1.82) is 0 Å². The number of amides is 1. The average molecular weight is 294 g/mol. The number of nitro benzene ring substituents is 1. The van der Waals surface area contributed by atoms with E-state index in [0.717, 1.165) is 0 Å². The first kappa shape index (κ1) is 16.6. The van der Waals surface area contributed by atoms with Gasteiger partial charge in [0.25, 0.3) is 5.69 Å². The van der Waals surface area contributed by atoms with E-state index in [2.05, 4.69) is 5.32 Å². The molecule has 0 aliphatic rings. The second-order valence-electron chi connectivity index (χ2n) is 4.94. The van der Waals surface area contributed by atoms with Gasteiger partial charge in [-0.25, -0.2) is 0 Å². The molecule has 1 unspecified atom stereocenters. The van der Waals surface area contributed by atoms with Gasteiger partial charge in [0.1, 0.15) is 0 Å². The van der Waals surface area contributed by atoms with E-state index >= 15 is 0 Å². The molecule has 0 fully saturated rings. The van der Waals surface area contributed by atoms with Crippen LogP contribution in [0.2, 0.25) is 0 Å². The van der Waals surface area contributed by atoms with Crippen LogP contribution in [0.15, 0.2) is 24.3 Å². The smallest absolute Gasteiger partial charge is 0.303 e. The summed E-state index contributed by atoms with van der Waals surface area (Å²) in [5, 5.41) is 21.8. The van der Waals surface area contributed by atoms with Crippen LogP contribution < -0.4 is 5.32 Å². The number of carbonyl (C=O) groups excluding carboxylic acids is 1. The topological polar surface area (TPSA) is 110 Å². The Morgan fingerprint density at radius 2 is 1.95 bits per heavy atom. The zero-order valence-corrected chi connectivity index (χ0v) is 11.7. The maximum Gasteiger partial charge on any atom is 0.303 e. The van der Waals surface area contributed by atoms with Gasteiger partial charge >= 0.3 is 5.97 Å². The Bertz CT molecular complexity index is 513. The highest BCUT2D eigenvalue weighted by molar-refractivity contribution is 5.78. The van der Waals surface area contributed by atoms with Crippen LogP contribution in [0.1, 0.15) is 25.3 Å². The second-order valence-corrected chi connectivity index (χ2v) is 4.94. The molecule has 0 aliphatic heterocycles. The summed E-state index contributed by atoms with van der Waals surface area (Å²) in [5.41, 5.74) is 0.678. The number of non-ortho nitro benzene ring substituents is 1. The first-order valence-corrected chi connectivity index (χ1v) is 6.60. The van der Waals surface area contributed by atoms with E-state index in [4.69, 9.17) is 5.11 Å². The Morgan fingerprint density at radius 1 is 1.33 bits per heavy atom. The number of carboxylic acids is 1. The lowest BCUT2D eigenvalue weighted by atomic mass is 10.1. The molecule has 0 aliphatic carbocycles. The van der Waals surface area contributed by atoms with Crippen molar-refractivity contribution in [1.82, 2.24) is 5.32 Å². The number of nitrogens with zero attached hydrogens (tertiary/aromatic N) is 1. The normalized spacial score (nSPS) is 11.7. The minimum absolute atomic E-state index is 0.0125. The van der Waals surface area contributed by atoms with Crippen molar-refractivity contribution in [3.63, 3.8) is 0 Å². The number of nitro groups is 1. The number of carbonyl (C=O) groups is 2. The number of benzene rings is 1. The van der Waals surface area contributed by atoms with Crippen molar-refractivity contribution >= 4 is 17.6 Å². The first-order valence-electron chi connectivity index (χ1n) is 6.60. The Labute approximate surface area is 122 Å². The van der Waals surface area contributed by atoms with E-state index in [9.17, 15) is 19.7 Å². The van der Waals surface area contributed by atoms with Gasteiger partial charge in [0.15, 0.2) is 0 Å². The van der Waals surface area contributed by atoms with E-state index in [1.165, 1.54) is 12.1 Å². The maximum absolute atomic E-state index is 11.7. The molecule has 7 nitrogen and oxygen atoms in total. The molecule has 21 heavy (non-hydrogen) atoms. The molecule has 0 saturated heterocycles. The number of carboxylic acid groups (broad SMARTS) is 1. The van der Waals surface area contributed by atoms with Crippen LogP contribution in [0.3, 0.4) is 0 Å². The number of hydrogen-bond acceptors (Lipinski definition) is 4. The maximum atomic E-state index is 11.7. The van der Waals surface area contributed by atoms with Crippen molar-refractivity contribution in [2.24, 2.45) is 5.92 Å². The summed E-state index contributed by atoms with van der Waals surface area (Å²) in [5.74, 6) is -0.952. The van der Waals surface area contributed by atoms with Crippen molar-refractivity contribution in [3.05, 3.63) is 39.9 Å². The van der Waals surface area contributed by atoms with E-state index in [-0.39, 0.29) is 30.4 Å². The van der Waals surface area contributed by atoms with Crippen molar-refractivity contribution < 1.29 is 19.6 Å². The van der Waals surface area contributed by atoms with Gasteiger partial charge in [-0.1, -0.05) is 19.1 Å². The lowest BCUT2D eigenvalue weighted by Gasteiger charge is -2.11. The first-order chi connectivity index (χ1) is 9.88. The standard InChI is InChI=1S/C14H18N2O5/c1-10(2-7-14(18)19)9-15-13(17)8-11-3-5-12(6-4-11)16(20)21/h3-6,10H,2,7-9H2,1H3,(H,15,17)(H,18,19). The third kappa shape index (κ3) is 6.51. The predicted molar refractivity (Wildman–Crippen MR) is 75.8 cm³/mol. The molecule has 114 valence electrons. The van der Waals surface area contributed by atoms with Gasteiger partial charge in [-0.2, -0.15) is 0 Å². The zero-order valence-electron chi connectivity index (χ0n) is 11.7. The Balaban J connectivity index is 2.36. The third-order valence-electron chi connectivity index (χ3n) is 3.01. The van der Waals surface area contributed by atoms with Crippen LogP contribution in [0.25, 0.3) is 0 Å². The Kier molecular flexibility index (Phi) is 6.32. The largest absolute Gasteiger partial charge is 0.481 e. The van der Waals surface area contributed by atoms with Gasteiger partial charge in [-0.3, -0.25) is 19.7 Å². The molecule has 1 amide bonds. The lowest BCUT2D eigenvalue weighted by Crippen LogP contribution is -2.29. The van der Waals surface area contributed by atoms with Gasteiger partial charge in [0.2, 0.25) is 5.91 Å². The summed E-state index contributed by atoms with van der Waals surface area (Å²) in [7, 11) is 0. The molecule has 0 spiro atoms. The molecule has 1 atom stereocenters. The molecule has 0 heterocycles. The van der Waals surface area contributed by atoms with Crippen LogP contribution in [0.5, 0.6) is 0 Å². The molecule has 2 N–H and O–H groups in total. The quantitative estimate of drug-likeness (QED) is 0.560. The zero-order chi connectivity index (χ0) is 15.8. The van der Waals surface area contributed by atoms with Crippen molar-refractivity contribution in [2.45, 2.75) is 26.2 Å². The Hall–Kier alpha value is -2.44. The van der Waals surface area contributed by atoms with E-state index in [1.807, 2.05) is 6.92 Å². The van der Waals surface area contributed by atoms with Crippen LogP contribution in [-0.2, 0) is 16.0 Å². The second kappa shape index (κ2) is 7.98. The molecule has 0 bridgehead atoms. The van der Waals surface area contributed by atoms with Gasteiger partial charge < -0.3 is 10.4 Å². The highest BCUT2D eigenvalue weighted by Gasteiger charge is 2.09. The van der Waals surface area contributed by atoms with E-state index in [1.54, 1.807) is 12.1 Å². The monoisotopic (exact) mass is 294 g/mol. The fraction of sp³-hybridized carbons (Fsp3) is 0.429. The minimum Gasteiger partial charge on any atom is -0.481 e. The third-order valence-corrected chi connectivity index (χ3v) is 3.01. The van der Waals surface area contributed by atoms with E-state index in [0.29, 0.717) is 18.5 Å². The van der Waals surface area contributed by atoms with Crippen LogP contribution in [-0.4, -0.2) is 28.5 Å². The molecular formula is C14H18N2O5. The molecule has 1 aromatic carbocycles. The van der Waals surface area contributed by atoms with Crippen molar-refractivity contribution in [2.75, 3.05) is 6.54 Å². The molecule has 0 saturated carbocycles. The number of aliphatic carboxylic acids is 1. The fourth-order valence-corrected chi connectivity index (χ4v) is 1.74. The molecule has 7 heteroatoms. The summed E-state index contributed by atoms with van der Waals surface area (Å²) in [6.07, 6.45) is 0.732. The predicted octanol–water partition coefficient (Wildman–Crippen LogP) is 1.75. The van der Waals surface area contributed by atoms with E-state index < -0.39 is 10.9 Å². The highest BCUT2D eigenvalue weighted by atomic mass is 16.6. The number of hydrogen-bond donors (Lipinski definition) is 2. The van der Waals surface area contributed by atoms with Crippen LogP contribution in [0.4, 0.5) is 5.69 Å². The van der Waals surface area contributed by atoms with Crippen LogP contribution in [0, 0.1) is 16.0 Å². The van der Waals surface area contributed by atoms with Gasteiger partial charge in [-0.15, -0.1) is 0 Å². The summed E-state index contributed by atoms with van der Waals surface area (Å²) in [4.78, 5) is 32.1. The van der Waals surface area contributed by atoms with Crippen LogP contribution >= 0.6 is 0 Å². The molecular weight excluding hydrogens is 276 g/mol. The summed E-state index contributed by atoms with van der Waals surface area (Å²) in [6.45, 7) is 2.29. The Morgan fingerprint density at radius 3 is 2.48 bits per heavy atom. The number of nitrogens with one attached hydrogen (secondary N) is 1. The van der Waals surface area contributed by atoms with Gasteiger partial charge in [-0.05, 0) is 17.9 Å².